The lowest BCUT2D eigenvalue weighted by molar-refractivity contribution is -0.122. The third-order valence-electron chi connectivity index (χ3n) is 4.38. The van der Waals surface area contributed by atoms with Gasteiger partial charge in [0.2, 0.25) is 5.91 Å². The average molecular weight is 421 g/mol. The Hall–Kier alpha value is -2.57. The molecule has 2 aromatic rings. The second-order valence-electron chi connectivity index (χ2n) is 6.30. The van der Waals surface area contributed by atoms with Gasteiger partial charge in [0.25, 0.3) is 11.8 Å². The maximum absolute atomic E-state index is 12.5. The molecule has 1 unspecified atom stereocenters. The largest absolute Gasteiger partial charge is 0.494 e. The van der Waals surface area contributed by atoms with Gasteiger partial charge in [-0.2, -0.15) is 0 Å². The van der Waals surface area contributed by atoms with Crippen molar-refractivity contribution >= 4 is 40.9 Å². The number of nitrogens with one attached hydrogen (secondary N) is 1. The molecule has 0 aromatic heterocycles. The molecule has 0 saturated carbocycles. The molecular formula is C20H18Cl2N2O4. The molecule has 3 rings (SSSR count). The van der Waals surface area contributed by atoms with E-state index < -0.39 is 17.7 Å². The molecule has 0 radical (unpaired) electrons. The van der Waals surface area contributed by atoms with Crippen LogP contribution in [0.3, 0.4) is 0 Å². The highest BCUT2D eigenvalue weighted by Gasteiger charge is 2.37. The Balaban J connectivity index is 1.66. The minimum Gasteiger partial charge on any atom is -0.494 e. The lowest BCUT2D eigenvalue weighted by Gasteiger charge is -2.18. The van der Waals surface area contributed by atoms with E-state index in [9.17, 15) is 14.4 Å². The van der Waals surface area contributed by atoms with Crippen LogP contribution >= 0.6 is 23.2 Å². The number of rotatable bonds is 6. The van der Waals surface area contributed by atoms with Crippen molar-refractivity contribution in [3.05, 3.63) is 63.1 Å². The average Bonchev–Trinajstić information content (AvgIpc) is 2.87. The summed E-state index contributed by atoms with van der Waals surface area (Å²) in [4.78, 5) is 38.2. The fraction of sp³-hybridized carbons (Fsp3) is 0.250. The summed E-state index contributed by atoms with van der Waals surface area (Å²) in [6.45, 7) is 3.90. The Morgan fingerprint density at radius 3 is 2.11 bits per heavy atom. The van der Waals surface area contributed by atoms with Crippen molar-refractivity contribution in [1.82, 2.24) is 10.2 Å². The number of carbonyl (C=O) groups is 3. The molecule has 1 aliphatic heterocycles. The van der Waals surface area contributed by atoms with Crippen LogP contribution in [0, 0.1) is 0 Å². The Bertz CT molecular complexity index is 903. The van der Waals surface area contributed by atoms with E-state index in [1.54, 1.807) is 0 Å². The van der Waals surface area contributed by atoms with Gasteiger partial charge >= 0.3 is 0 Å². The number of hydrogen-bond donors (Lipinski definition) is 1. The monoisotopic (exact) mass is 420 g/mol. The first-order valence-electron chi connectivity index (χ1n) is 8.69. The van der Waals surface area contributed by atoms with Crippen LogP contribution in [0.1, 0.15) is 46.2 Å². The van der Waals surface area contributed by atoms with Crippen LogP contribution in [0.2, 0.25) is 10.0 Å². The van der Waals surface area contributed by atoms with Gasteiger partial charge in [-0.15, -0.1) is 0 Å². The Morgan fingerprint density at radius 2 is 1.61 bits per heavy atom. The van der Waals surface area contributed by atoms with Gasteiger partial charge in [-0.1, -0.05) is 35.3 Å². The molecule has 0 bridgehead atoms. The van der Waals surface area contributed by atoms with Gasteiger partial charge in [0.05, 0.1) is 33.8 Å². The van der Waals surface area contributed by atoms with Crippen molar-refractivity contribution < 1.29 is 19.1 Å². The molecule has 1 atom stereocenters. The van der Waals surface area contributed by atoms with E-state index in [0.717, 1.165) is 16.2 Å². The summed E-state index contributed by atoms with van der Waals surface area (Å²) in [5, 5.41) is 3.14. The summed E-state index contributed by atoms with van der Waals surface area (Å²) in [6.07, 6.45) is 0. The van der Waals surface area contributed by atoms with E-state index in [2.05, 4.69) is 5.32 Å². The van der Waals surface area contributed by atoms with Crippen LogP contribution in [-0.2, 0) is 4.79 Å². The summed E-state index contributed by atoms with van der Waals surface area (Å²) in [5.41, 5.74) is 1.16. The van der Waals surface area contributed by atoms with Gasteiger partial charge in [0, 0.05) is 0 Å². The van der Waals surface area contributed by atoms with E-state index in [1.807, 2.05) is 38.1 Å². The van der Waals surface area contributed by atoms with Gasteiger partial charge < -0.3 is 10.1 Å². The highest BCUT2D eigenvalue weighted by molar-refractivity contribution is 6.43. The zero-order valence-electron chi connectivity index (χ0n) is 15.3. The molecule has 6 nitrogen and oxygen atoms in total. The molecule has 2 aromatic carbocycles. The maximum Gasteiger partial charge on any atom is 0.262 e. The summed E-state index contributed by atoms with van der Waals surface area (Å²) in [6, 6.07) is 9.73. The van der Waals surface area contributed by atoms with Gasteiger partial charge in [-0.3, -0.25) is 19.3 Å². The summed E-state index contributed by atoms with van der Waals surface area (Å²) < 4.78 is 5.39. The molecule has 28 heavy (non-hydrogen) atoms. The van der Waals surface area contributed by atoms with Crippen LogP contribution < -0.4 is 10.1 Å². The van der Waals surface area contributed by atoms with Gasteiger partial charge in [0.15, 0.2) is 0 Å². The van der Waals surface area contributed by atoms with Crippen molar-refractivity contribution in [1.29, 1.82) is 0 Å². The fourth-order valence-electron chi connectivity index (χ4n) is 2.96. The minimum atomic E-state index is -0.567. The number of fused-ring (bicyclic) bond motifs is 1. The molecule has 1 heterocycles. The minimum absolute atomic E-state index is 0.145. The SMILES string of the molecule is CCOc1ccc(C(C)NC(=O)CN2C(=O)c3cc(Cl)c(Cl)cc3C2=O)cc1. The number of halogens is 2. The predicted molar refractivity (Wildman–Crippen MR) is 106 cm³/mol. The molecule has 8 heteroatoms. The molecule has 0 saturated heterocycles. The number of carbonyl (C=O) groups excluding carboxylic acids is 3. The smallest absolute Gasteiger partial charge is 0.262 e. The predicted octanol–water partition coefficient (Wildman–Crippen LogP) is 3.87. The van der Waals surface area contributed by atoms with Crippen molar-refractivity contribution in [2.24, 2.45) is 0 Å². The zero-order valence-corrected chi connectivity index (χ0v) is 16.8. The highest BCUT2D eigenvalue weighted by atomic mass is 35.5. The Morgan fingerprint density at radius 1 is 1.07 bits per heavy atom. The quantitative estimate of drug-likeness (QED) is 0.719. The molecule has 1 N–H and O–H groups in total. The first-order chi connectivity index (χ1) is 13.3. The number of imide groups is 1. The molecular weight excluding hydrogens is 403 g/mol. The summed E-state index contributed by atoms with van der Waals surface area (Å²) in [7, 11) is 0. The van der Waals surface area contributed by atoms with Gasteiger partial charge in [-0.05, 0) is 43.7 Å². The fourth-order valence-corrected chi connectivity index (χ4v) is 3.29. The van der Waals surface area contributed by atoms with E-state index in [0.29, 0.717) is 6.61 Å². The van der Waals surface area contributed by atoms with Crippen LogP contribution in [0.4, 0.5) is 0 Å². The number of nitrogens with zero attached hydrogens (tertiary/aromatic N) is 1. The zero-order chi connectivity index (χ0) is 20.4. The second kappa shape index (κ2) is 8.20. The van der Waals surface area contributed by atoms with Crippen LogP contribution in [0.15, 0.2) is 36.4 Å². The topological polar surface area (TPSA) is 75.7 Å². The van der Waals surface area contributed by atoms with Crippen molar-refractivity contribution in [2.75, 3.05) is 13.2 Å². The number of hydrogen-bond acceptors (Lipinski definition) is 4. The second-order valence-corrected chi connectivity index (χ2v) is 7.11. The van der Waals surface area contributed by atoms with Crippen LogP contribution in [-0.4, -0.2) is 35.8 Å². The first kappa shape index (κ1) is 20.2. The summed E-state index contributed by atoms with van der Waals surface area (Å²) >= 11 is 11.8. The van der Waals surface area contributed by atoms with Crippen molar-refractivity contribution in [3.8, 4) is 5.75 Å². The normalized spacial score (nSPS) is 14.1. The van der Waals surface area contributed by atoms with Crippen LogP contribution in [0.25, 0.3) is 0 Å². The molecule has 0 fully saturated rings. The molecule has 3 amide bonds. The standard InChI is InChI=1S/C20H18Cl2N2O4/c1-3-28-13-6-4-12(5-7-13)11(2)23-18(25)10-24-19(26)14-8-16(21)17(22)9-15(14)20(24)27/h4-9,11H,3,10H2,1-2H3,(H,23,25). The van der Waals surface area contributed by atoms with Crippen LogP contribution in [0.5, 0.6) is 5.75 Å². The number of amides is 3. The van der Waals surface area contributed by atoms with E-state index in [1.165, 1.54) is 12.1 Å². The van der Waals surface area contributed by atoms with E-state index in [-0.39, 0.29) is 33.8 Å². The first-order valence-corrected chi connectivity index (χ1v) is 9.44. The van der Waals surface area contributed by atoms with Gasteiger partial charge in [-0.25, -0.2) is 0 Å². The molecule has 1 aliphatic rings. The van der Waals surface area contributed by atoms with E-state index in [4.69, 9.17) is 27.9 Å². The third-order valence-corrected chi connectivity index (χ3v) is 5.10. The van der Waals surface area contributed by atoms with Crippen molar-refractivity contribution in [2.45, 2.75) is 19.9 Å². The van der Waals surface area contributed by atoms with Gasteiger partial charge in [0.1, 0.15) is 12.3 Å². The lowest BCUT2D eigenvalue weighted by Crippen LogP contribution is -2.41. The Labute approximate surface area is 172 Å². The van der Waals surface area contributed by atoms with E-state index >= 15 is 0 Å². The lowest BCUT2D eigenvalue weighted by atomic mass is 10.1. The number of ether oxygens (including phenoxy) is 1. The summed E-state index contributed by atoms with van der Waals surface area (Å²) in [5.74, 6) is -0.842. The molecule has 146 valence electrons. The highest BCUT2D eigenvalue weighted by Crippen LogP contribution is 2.31. The maximum atomic E-state index is 12.5. The van der Waals surface area contributed by atoms with Crippen molar-refractivity contribution in [3.63, 3.8) is 0 Å². The Kier molecular flexibility index (Phi) is 5.91. The third kappa shape index (κ3) is 3.98. The number of benzene rings is 2. The molecule has 0 aliphatic carbocycles. The molecule has 0 spiro atoms.